The van der Waals surface area contributed by atoms with Gasteiger partial charge in [-0.15, -0.1) is 0 Å². The molecular formula is C17H16N2O2. The minimum Gasteiger partial charge on any atom is -0.476 e. The van der Waals surface area contributed by atoms with Crippen LogP contribution < -0.4 is 0 Å². The molecule has 2 aromatic heterocycles. The molecule has 2 heterocycles. The van der Waals surface area contributed by atoms with E-state index < -0.39 is 5.97 Å². The molecule has 21 heavy (non-hydrogen) atoms. The van der Waals surface area contributed by atoms with Crippen molar-refractivity contribution < 1.29 is 9.90 Å². The Morgan fingerprint density at radius 2 is 1.81 bits per heavy atom. The lowest BCUT2D eigenvalue weighted by molar-refractivity contribution is 0.0690. The molecule has 1 N–H and O–H groups in total. The highest BCUT2D eigenvalue weighted by Gasteiger charge is 2.20. The van der Waals surface area contributed by atoms with E-state index >= 15 is 0 Å². The molecular weight excluding hydrogens is 264 g/mol. The summed E-state index contributed by atoms with van der Waals surface area (Å²) in [6.07, 6.45) is 1.76. The maximum atomic E-state index is 11.7. The molecule has 4 nitrogen and oxygen atoms in total. The van der Waals surface area contributed by atoms with E-state index in [0.29, 0.717) is 11.3 Å². The van der Waals surface area contributed by atoms with Crippen LogP contribution in [-0.2, 0) is 0 Å². The maximum Gasteiger partial charge on any atom is 0.355 e. The highest BCUT2D eigenvalue weighted by atomic mass is 16.4. The van der Waals surface area contributed by atoms with E-state index in [0.717, 1.165) is 22.3 Å². The predicted octanol–water partition coefficient (Wildman–Crippen LogP) is 3.62. The lowest BCUT2D eigenvalue weighted by Crippen LogP contribution is -2.04. The standard InChI is InChI=1S/C17H16N2O2/c1-10-4-5-13(12(3)8-10)15-16(17(20)21)19-7-6-11(2)9-14(19)18-15/h4-9H,1-3H3,(H,20,21). The van der Waals surface area contributed by atoms with E-state index in [2.05, 4.69) is 4.98 Å². The van der Waals surface area contributed by atoms with Crippen LogP contribution in [0.5, 0.6) is 0 Å². The fourth-order valence-electron chi connectivity index (χ4n) is 2.62. The summed E-state index contributed by atoms with van der Waals surface area (Å²) in [5.74, 6) is -0.971. The highest BCUT2D eigenvalue weighted by Crippen LogP contribution is 2.28. The van der Waals surface area contributed by atoms with Gasteiger partial charge >= 0.3 is 5.97 Å². The van der Waals surface area contributed by atoms with E-state index in [1.165, 1.54) is 0 Å². The van der Waals surface area contributed by atoms with Gasteiger partial charge in [0.1, 0.15) is 11.3 Å². The molecule has 0 saturated carbocycles. The first-order valence-corrected chi connectivity index (χ1v) is 6.77. The van der Waals surface area contributed by atoms with Crippen molar-refractivity contribution in [2.24, 2.45) is 0 Å². The molecule has 0 aliphatic rings. The largest absolute Gasteiger partial charge is 0.476 e. The van der Waals surface area contributed by atoms with Crippen molar-refractivity contribution in [1.82, 2.24) is 9.38 Å². The van der Waals surface area contributed by atoms with Crippen LogP contribution in [0.4, 0.5) is 0 Å². The minimum atomic E-state index is -0.971. The van der Waals surface area contributed by atoms with Gasteiger partial charge in [-0.25, -0.2) is 9.78 Å². The van der Waals surface area contributed by atoms with Crippen LogP contribution in [0.2, 0.25) is 0 Å². The SMILES string of the molecule is Cc1ccc(-c2nc3cc(C)ccn3c2C(=O)O)c(C)c1. The van der Waals surface area contributed by atoms with Crippen molar-refractivity contribution in [3.63, 3.8) is 0 Å². The summed E-state index contributed by atoms with van der Waals surface area (Å²) in [7, 11) is 0. The molecule has 0 amide bonds. The average molecular weight is 280 g/mol. The normalized spacial score (nSPS) is 11.0. The molecule has 0 atom stereocenters. The molecule has 0 aliphatic heterocycles. The zero-order valence-corrected chi connectivity index (χ0v) is 12.2. The Morgan fingerprint density at radius 3 is 2.48 bits per heavy atom. The zero-order valence-electron chi connectivity index (χ0n) is 12.2. The van der Waals surface area contributed by atoms with Crippen molar-refractivity contribution >= 4 is 11.6 Å². The number of carbonyl (C=O) groups is 1. The number of aryl methyl sites for hydroxylation is 3. The first-order valence-electron chi connectivity index (χ1n) is 6.77. The number of pyridine rings is 1. The van der Waals surface area contributed by atoms with Crippen LogP contribution in [0.25, 0.3) is 16.9 Å². The van der Waals surface area contributed by atoms with Gasteiger partial charge in [0.15, 0.2) is 5.69 Å². The second kappa shape index (κ2) is 4.74. The summed E-state index contributed by atoms with van der Waals surface area (Å²) in [6.45, 7) is 5.96. The number of rotatable bonds is 2. The van der Waals surface area contributed by atoms with Crippen molar-refractivity contribution in [3.05, 3.63) is 58.9 Å². The van der Waals surface area contributed by atoms with Gasteiger partial charge in [0.25, 0.3) is 0 Å². The third-order valence-electron chi connectivity index (χ3n) is 3.62. The predicted molar refractivity (Wildman–Crippen MR) is 81.8 cm³/mol. The van der Waals surface area contributed by atoms with Crippen molar-refractivity contribution in [3.8, 4) is 11.3 Å². The Bertz CT molecular complexity index is 863. The monoisotopic (exact) mass is 280 g/mol. The lowest BCUT2D eigenvalue weighted by Gasteiger charge is -2.05. The van der Waals surface area contributed by atoms with E-state index in [1.54, 1.807) is 10.6 Å². The van der Waals surface area contributed by atoms with Crippen LogP contribution in [0.1, 0.15) is 27.2 Å². The molecule has 0 radical (unpaired) electrons. The molecule has 0 fully saturated rings. The van der Waals surface area contributed by atoms with Crippen molar-refractivity contribution in [1.29, 1.82) is 0 Å². The molecule has 0 bridgehead atoms. The molecule has 0 saturated heterocycles. The Hall–Kier alpha value is -2.62. The summed E-state index contributed by atoms with van der Waals surface area (Å²) in [4.78, 5) is 16.2. The fourth-order valence-corrected chi connectivity index (χ4v) is 2.62. The third kappa shape index (κ3) is 2.18. The molecule has 3 aromatic rings. The Labute approximate surface area is 122 Å². The average Bonchev–Trinajstić information content (AvgIpc) is 2.76. The summed E-state index contributed by atoms with van der Waals surface area (Å²) in [5, 5.41) is 9.57. The van der Waals surface area contributed by atoms with E-state index in [4.69, 9.17) is 0 Å². The van der Waals surface area contributed by atoms with E-state index in [1.807, 2.05) is 51.1 Å². The lowest BCUT2D eigenvalue weighted by atomic mass is 10.0. The van der Waals surface area contributed by atoms with Crippen LogP contribution in [0.15, 0.2) is 36.5 Å². The van der Waals surface area contributed by atoms with E-state index in [9.17, 15) is 9.90 Å². The van der Waals surface area contributed by atoms with Crippen LogP contribution in [0.3, 0.4) is 0 Å². The highest BCUT2D eigenvalue weighted by molar-refractivity contribution is 5.95. The van der Waals surface area contributed by atoms with Gasteiger partial charge in [0.05, 0.1) is 0 Å². The van der Waals surface area contributed by atoms with Gasteiger partial charge in [-0.2, -0.15) is 0 Å². The number of carboxylic acid groups (broad SMARTS) is 1. The van der Waals surface area contributed by atoms with Gasteiger partial charge in [0.2, 0.25) is 0 Å². The third-order valence-corrected chi connectivity index (χ3v) is 3.62. The quantitative estimate of drug-likeness (QED) is 0.780. The van der Waals surface area contributed by atoms with Gasteiger partial charge < -0.3 is 5.11 Å². The van der Waals surface area contributed by atoms with Crippen LogP contribution in [0, 0.1) is 20.8 Å². The topological polar surface area (TPSA) is 54.6 Å². The number of aromatic nitrogens is 2. The van der Waals surface area contributed by atoms with Gasteiger partial charge in [0, 0.05) is 11.8 Å². The van der Waals surface area contributed by atoms with Gasteiger partial charge in [-0.1, -0.05) is 23.8 Å². The number of carboxylic acids is 1. The smallest absolute Gasteiger partial charge is 0.355 e. The molecule has 106 valence electrons. The zero-order chi connectivity index (χ0) is 15.1. The molecule has 0 spiro atoms. The van der Waals surface area contributed by atoms with Gasteiger partial charge in [-0.3, -0.25) is 4.40 Å². The van der Waals surface area contributed by atoms with Gasteiger partial charge in [-0.05, 0) is 44.0 Å². The summed E-state index contributed by atoms with van der Waals surface area (Å²) in [6, 6.07) is 9.72. The molecule has 1 aromatic carbocycles. The number of hydrogen-bond donors (Lipinski definition) is 1. The molecule has 0 aliphatic carbocycles. The number of nitrogens with zero attached hydrogens (tertiary/aromatic N) is 2. The number of aromatic carboxylic acids is 1. The van der Waals surface area contributed by atoms with E-state index in [-0.39, 0.29) is 5.69 Å². The molecule has 4 heteroatoms. The van der Waals surface area contributed by atoms with Crippen molar-refractivity contribution in [2.75, 3.05) is 0 Å². The summed E-state index contributed by atoms with van der Waals surface area (Å²) < 4.78 is 1.63. The fraction of sp³-hybridized carbons (Fsp3) is 0.176. The summed E-state index contributed by atoms with van der Waals surface area (Å²) in [5.41, 5.74) is 5.46. The minimum absolute atomic E-state index is 0.206. The second-order valence-corrected chi connectivity index (χ2v) is 5.36. The number of imidazole rings is 1. The molecule has 3 rings (SSSR count). The summed E-state index contributed by atoms with van der Waals surface area (Å²) >= 11 is 0. The number of hydrogen-bond acceptors (Lipinski definition) is 2. The van der Waals surface area contributed by atoms with Crippen LogP contribution in [-0.4, -0.2) is 20.5 Å². The number of benzene rings is 1. The Kier molecular flexibility index (Phi) is 3.01. The number of fused-ring (bicyclic) bond motifs is 1. The maximum absolute atomic E-state index is 11.7. The first kappa shape index (κ1) is 13.4. The second-order valence-electron chi connectivity index (χ2n) is 5.36. The molecule has 0 unspecified atom stereocenters. The van der Waals surface area contributed by atoms with Crippen molar-refractivity contribution in [2.45, 2.75) is 20.8 Å². The Morgan fingerprint density at radius 1 is 1.10 bits per heavy atom. The first-order chi connectivity index (χ1) is 9.97. The Balaban J connectivity index is 2.36. The van der Waals surface area contributed by atoms with Crippen LogP contribution >= 0.6 is 0 Å².